The summed E-state index contributed by atoms with van der Waals surface area (Å²) in [5, 5.41) is 9.67. The van der Waals surface area contributed by atoms with Crippen LogP contribution in [0.1, 0.15) is 5.56 Å². The molecule has 2 nitrogen and oxygen atoms in total. The minimum atomic E-state index is -0.510. The zero-order chi connectivity index (χ0) is 14.0. The van der Waals surface area contributed by atoms with Crippen LogP contribution in [-0.4, -0.2) is 0 Å². The van der Waals surface area contributed by atoms with Gasteiger partial charge in [0.1, 0.15) is 23.4 Å². The van der Waals surface area contributed by atoms with Gasteiger partial charge in [-0.15, -0.1) is 0 Å². The molecule has 0 aromatic heterocycles. The topological polar surface area (TPSA) is 33.0 Å². The van der Waals surface area contributed by atoms with Crippen molar-refractivity contribution >= 4 is 39.1 Å². The highest BCUT2D eigenvalue weighted by atomic mass is 79.9. The lowest BCUT2D eigenvalue weighted by Crippen LogP contribution is -1.90. The fourth-order valence-corrected chi connectivity index (χ4v) is 2.21. The molecule has 0 aliphatic heterocycles. The molecule has 2 aromatic rings. The maximum absolute atomic E-state index is 13.0. The van der Waals surface area contributed by atoms with E-state index >= 15 is 0 Å². The first-order chi connectivity index (χ1) is 9.01. The Balaban J connectivity index is 2.42. The van der Waals surface area contributed by atoms with E-state index in [4.69, 9.17) is 33.2 Å². The van der Waals surface area contributed by atoms with E-state index in [1.807, 2.05) is 6.07 Å². The molecule has 0 saturated heterocycles. The molecule has 19 heavy (non-hydrogen) atoms. The van der Waals surface area contributed by atoms with Crippen molar-refractivity contribution in [2.75, 3.05) is 0 Å². The van der Waals surface area contributed by atoms with Crippen LogP contribution in [0.4, 0.5) is 4.39 Å². The minimum Gasteiger partial charge on any atom is -0.454 e. The van der Waals surface area contributed by atoms with Crippen LogP contribution in [0.25, 0.3) is 0 Å². The quantitative estimate of drug-likeness (QED) is 0.657. The predicted molar refractivity (Wildman–Crippen MR) is 75.4 cm³/mol. The molecular weight excluding hydrogens is 356 g/mol. The van der Waals surface area contributed by atoms with Gasteiger partial charge in [-0.25, -0.2) is 4.39 Å². The van der Waals surface area contributed by atoms with Gasteiger partial charge in [0.05, 0.1) is 15.6 Å². The molecule has 2 rings (SSSR count). The molecule has 0 atom stereocenters. The number of nitriles is 1. The minimum absolute atomic E-state index is 0.0788. The summed E-state index contributed by atoms with van der Waals surface area (Å²) < 4.78 is 19.1. The fourth-order valence-electron chi connectivity index (χ4n) is 1.38. The average Bonchev–Trinajstić information content (AvgIpc) is 2.37. The zero-order valence-corrected chi connectivity index (χ0v) is 12.4. The standard InChI is InChI=1S/C13H5BrCl2FNO/c14-9-4-11(16)13(5-10(9)15)19-12-2-1-8(17)3-7(12)6-18/h1-5H. The van der Waals surface area contributed by atoms with E-state index in [9.17, 15) is 4.39 Å². The number of hydrogen-bond donors (Lipinski definition) is 0. The van der Waals surface area contributed by atoms with Crippen LogP contribution in [0.5, 0.6) is 11.5 Å². The molecule has 0 spiro atoms. The Morgan fingerprint density at radius 1 is 1.11 bits per heavy atom. The summed E-state index contributed by atoms with van der Waals surface area (Å²) >= 11 is 15.2. The maximum Gasteiger partial charge on any atom is 0.147 e. The average molecular weight is 361 g/mol. The molecule has 0 heterocycles. The van der Waals surface area contributed by atoms with Crippen molar-refractivity contribution in [3.8, 4) is 17.6 Å². The second-order valence-electron chi connectivity index (χ2n) is 3.55. The Bertz CT molecular complexity index is 685. The first kappa shape index (κ1) is 14.1. The molecule has 0 N–H and O–H groups in total. The smallest absolute Gasteiger partial charge is 0.147 e. The largest absolute Gasteiger partial charge is 0.454 e. The van der Waals surface area contributed by atoms with Gasteiger partial charge in [-0.05, 0) is 40.2 Å². The zero-order valence-electron chi connectivity index (χ0n) is 9.25. The van der Waals surface area contributed by atoms with E-state index in [2.05, 4.69) is 15.9 Å². The van der Waals surface area contributed by atoms with Gasteiger partial charge in [0.25, 0.3) is 0 Å². The molecule has 0 aliphatic carbocycles. The molecule has 0 aliphatic rings. The fraction of sp³-hybridized carbons (Fsp3) is 0. The van der Waals surface area contributed by atoms with E-state index in [1.165, 1.54) is 18.2 Å². The van der Waals surface area contributed by atoms with Crippen LogP contribution in [0.3, 0.4) is 0 Å². The lowest BCUT2D eigenvalue weighted by molar-refractivity contribution is 0.479. The molecule has 0 fully saturated rings. The van der Waals surface area contributed by atoms with E-state index in [0.717, 1.165) is 6.07 Å². The van der Waals surface area contributed by atoms with Crippen LogP contribution in [0.15, 0.2) is 34.8 Å². The monoisotopic (exact) mass is 359 g/mol. The van der Waals surface area contributed by atoms with Crippen molar-refractivity contribution in [3.63, 3.8) is 0 Å². The van der Waals surface area contributed by atoms with E-state index in [1.54, 1.807) is 6.07 Å². The van der Waals surface area contributed by atoms with Gasteiger partial charge in [0.2, 0.25) is 0 Å². The van der Waals surface area contributed by atoms with E-state index in [0.29, 0.717) is 14.5 Å². The molecule has 0 unspecified atom stereocenters. The summed E-state index contributed by atoms with van der Waals surface area (Å²) in [5.41, 5.74) is 0.0788. The number of halogens is 4. The van der Waals surface area contributed by atoms with Gasteiger partial charge in [0, 0.05) is 10.5 Å². The first-order valence-corrected chi connectivity index (χ1v) is 6.58. The number of ether oxygens (including phenoxy) is 1. The lowest BCUT2D eigenvalue weighted by Gasteiger charge is -2.10. The van der Waals surface area contributed by atoms with Crippen LogP contribution >= 0.6 is 39.1 Å². The lowest BCUT2D eigenvalue weighted by atomic mass is 10.2. The third kappa shape index (κ3) is 3.19. The Morgan fingerprint density at radius 3 is 2.53 bits per heavy atom. The maximum atomic E-state index is 13.0. The van der Waals surface area contributed by atoms with Gasteiger partial charge in [-0.2, -0.15) is 5.26 Å². The highest BCUT2D eigenvalue weighted by Crippen LogP contribution is 2.37. The summed E-state index contributed by atoms with van der Waals surface area (Å²) in [6.07, 6.45) is 0. The summed E-state index contributed by atoms with van der Waals surface area (Å²) in [6, 6.07) is 8.59. The van der Waals surface area contributed by atoms with Gasteiger partial charge in [-0.3, -0.25) is 0 Å². The second kappa shape index (κ2) is 5.79. The molecule has 0 saturated carbocycles. The third-order valence-electron chi connectivity index (χ3n) is 2.26. The van der Waals surface area contributed by atoms with Gasteiger partial charge in [0.15, 0.2) is 0 Å². The number of rotatable bonds is 2. The summed E-state index contributed by atoms with van der Waals surface area (Å²) in [5.74, 6) is -0.00833. The SMILES string of the molecule is N#Cc1cc(F)ccc1Oc1cc(Cl)c(Br)cc1Cl. The number of hydrogen-bond acceptors (Lipinski definition) is 2. The van der Waals surface area contributed by atoms with Crippen LogP contribution in [-0.2, 0) is 0 Å². The Hall–Kier alpha value is -1.28. The van der Waals surface area contributed by atoms with Crippen molar-refractivity contribution in [2.24, 2.45) is 0 Å². The number of benzene rings is 2. The first-order valence-electron chi connectivity index (χ1n) is 5.03. The van der Waals surface area contributed by atoms with Crippen molar-refractivity contribution in [1.82, 2.24) is 0 Å². The van der Waals surface area contributed by atoms with Crippen molar-refractivity contribution < 1.29 is 9.13 Å². The molecule has 0 radical (unpaired) electrons. The van der Waals surface area contributed by atoms with Crippen LogP contribution in [0, 0.1) is 17.1 Å². The van der Waals surface area contributed by atoms with Gasteiger partial charge in [-0.1, -0.05) is 23.2 Å². The van der Waals surface area contributed by atoms with E-state index in [-0.39, 0.29) is 17.1 Å². The van der Waals surface area contributed by atoms with Crippen LogP contribution in [0.2, 0.25) is 10.0 Å². The summed E-state index contributed by atoms with van der Waals surface area (Å²) in [7, 11) is 0. The van der Waals surface area contributed by atoms with Gasteiger partial charge < -0.3 is 4.74 Å². The Labute approximate surface area is 127 Å². The molecule has 0 amide bonds. The summed E-state index contributed by atoms with van der Waals surface area (Å²) in [6.45, 7) is 0. The molecule has 6 heteroatoms. The van der Waals surface area contributed by atoms with Crippen LogP contribution < -0.4 is 4.74 Å². The summed E-state index contributed by atoms with van der Waals surface area (Å²) in [4.78, 5) is 0. The van der Waals surface area contributed by atoms with E-state index < -0.39 is 5.82 Å². The molecule has 0 bridgehead atoms. The second-order valence-corrected chi connectivity index (χ2v) is 5.22. The Morgan fingerprint density at radius 2 is 1.84 bits per heavy atom. The number of nitrogens with zero attached hydrogens (tertiary/aromatic N) is 1. The van der Waals surface area contributed by atoms with Crippen molar-refractivity contribution in [3.05, 3.63) is 56.2 Å². The van der Waals surface area contributed by atoms with Crippen molar-refractivity contribution in [1.29, 1.82) is 5.26 Å². The Kier molecular flexibility index (Phi) is 4.31. The highest BCUT2D eigenvalue weighted by molar-refractivity contribution is 9.10. The van der Waals surface area contributed by atoms with Crippen molar-refractivity contribution in [2.45, 2.75) is 0 Å². The predicted octanol–water partition coefficient (Wildman–Crippen LogP) is 5.56. The molecule has 2 aromatic carbocycles. The van der Waals surface area contributed by atoms with Gasteiger partial charge >= 0.3 is 0 Å². The molecule has 96 valence electrons. The highest BCUT2D eigenvalue weighted by Gasteiger charge is 2.11. The normalized spacial score (nSPS) is 10.1. The third-order valence-corrected chi connectivity index (χ3v) is 3.75. The molecular formula is C13H5BrCl2FNO.